The van der Waals surface area contributed by atoms with E-state index in [1.165, 1.54) is 5.56 Å². The van der Waals surface area contributed by atoms with Crippen LogP contribution >= 0.6 is 0 Å². The number of aromatic hydroxyl groups is 1. The van der Waals surface area contributed by atoms with E-state index < -0.39 is 0 Å². The highest BCUT2D eigenvalue weighted by Crippen LogP contribution is 2.28. The third-order valence-electron chi connectivity index (χ3n) is 2.86. The Morgan fingerprint density at radius 3 is 2.80 bits per heavy atom. The Morgan fingerprint density at radius 2 is 2.13 bits per heavy atom. The van der Waals surface area contributed by atoms with E-state index in [4.69, 9.17) is 4.74 Å². The van der Waals surface area contributed by atoms with Crippen LogP contribution in [0.5, 0.6) is 5.75 Å². The van der Waals surface area contributed by atoms with E-state index in [0.29, 0.717) is 5.75 Å². The van der Waals surface area contributed by atoms with E-state index in [1.807, 2.05) is 26.0 Å². The molecule has 82 valence electrons. The minimum Gasteiger partial charge on any atom is -0.508 e. The molecule has 15 heavy (non-hydrogen) atoms. The molecule has 1 saturated heterocycles. The summed E-state index contributed by atoms with van der Waals surface area (Å²) in [4.78, 5) is 0. The summed E-state index contributed by atoms with van der Waals surface area (Å²) in [5, 5.41) is 12.9. The number of phenolic OH excluding ortho intramolecular Hbond substituents is 1. The van der Waals surface area contributed by atoms with Gasteiger partial charge in [-0.15, -0.1) is 0 Å². The quantitative estimate of drug-likeness (QED) is 0.736. The van der Waals surface area contributed by atoms with Gasteiger partial charge in [0, 0.05) is 13.1 Å². The summed E-state index contributed by atoms with van der Waals surface area (Å²) >= 11 is 0. The molecule has 0 aromatic heterocycles. The molecule has 0 saturated carbocycles. The molecule has 3 nitrogen and oxygen atoms in total. The number of phenols is 1. The predicted molar refractivity (Wildman–Crippen MR) is 59.1 cm³/mol. The van der Waals surface area contributed by atoms with E-state index in [0.717, 1.165) is 30.8 Å². The average molecular weight is 207 g/mol. The molecule has 1 aromatic rings. The zero-order valence-corrected chi connectivity index (χ0v) is 9.21. The maximum absolute atomic E-state index is 9.57. The normalized spacial score (nSPS) is 21.6. The molecule has 1 aliphatic rings. The highest BCUT2D eigenvalue weighted by molar-refractivity contribution is 5.41. The van der Waals surface area contributed by atoms with Gasteiger partial charge in [-0.2, -0.15) is 0 Å². The topological polar surface area (TPSA) is 41.5 Å². The first kappa shape index (κ1) is 10.5. The Kier molecular flexibility index (Phi) is 2.93. The fourth-order valence-corrected chi connectivity index (χ4v) is 1.94. The minimum absolute atomic E-state index is 0.123. The van der Waals surface area contributed by atoms with Crippen LogP contribution < -0.4 is 5.32 Å². The molecular formula is C12H17NO2. The van der Waals surface area contributed by atoms with Crippen molar-refractivity contribution >= 4 is 0 Å². The van der Waals surface area contributed by atoms with Crippen LogP contribution in [0.1, 0.15) is 22.8 Å². The molecule has 0 bridgehead atoms. The lowest BCUT2D eigenvalue weighted by Crippen LogP contribution is -2.33. The zero-order valence-electron chi connectivity index (χ0n) is 9.21. The van der Waals surface area contributed by atoms with E-state index >= 15 is 0 Å². The number of benzene rings is 1. The first-order chi connectivity index (χ1) is 7.18. The zero-order chi connectivity index (χ0) is 10.8. The van der Waals surface area contributed by atoms with Crippen molar-refractivity contribution in [1.82, 2.24) is 5.32 Å². The van der Waals surface area contributed by atoms with Crippen LogP contribution in [0.3, 0.4) is 0 Å². The lowest BCUT2D eigenvalue weighted by molar-refractivity contribution is 0.0272. The van der Waals surface area contributed by atoms with E-state index in [2.05, 4.69) is 5.32 Å². The van der Waals surface area contributed by atoms with Gasteiger partial charge in [-0.25, -0.2) is 0 Å². The lowest BCUT2D eigenvalue weighted by atomic mass is 9.99. The van der Waals surface area contributed by atoms with Crippen LogP contribution in [0.2, 0.25) is 0 Å². The van der Waals surface area contributed by atoms with Gasteiger partial charge < -0.3 is 15.2 Å². The molecule has 1 unspecified atom stereocenters. The van der Waals surface area contributed by atoms with Crippen molar-refractivity contribution in [2.45, 2.75) is 20.0 Å². The van der Waals surface area contributed by atoms with Crippen molar-refractivity contribution < 1.29 is 9.84 Å². The van der Waals surface area contributed by atoms with Crippen molar-refractivity contribution in [2.75, 3.05) is 19.7 Å². The van der Waals surface area contributed by atoms with Crippen LogP contribution in [-0.4, -0.2) is 24.8 Å². The molecule has 1 fully saturated rings. The predicted octanol–water partition coefficient (Wildman–Crippen LogP) is 1.67. The number of aryl methyl sites for hydroxylation is 2. The Bertz CT molecular complexity index is 357. The molecular weight excluding hydrogens is 190 g/mol. The summed E-state index contributed by atoms with van der Waals surface area (Å²) in [6.07, 6.45) is 0.123. The summed E-state index contributed by atoms with van der Waals surface area (Å²) in [5.41, 5.74) is 3.18. The fourth-order valence-electron chi connectivity index (χ4n) is 1.94. The first-order valence-electron chi connectivity index (χ1n) is 5.31. The van der Waals surface area contributed by atoms with Gasteiger partial charge in [0.05, 0.1) is 12.7 Å². The molecule has 0 radical (unpaired) electrons. The van der Waals surface area contributed by atoms with Gasteiger partial charge in [-0.05, 0) is 42.7 Å². The highest BCUT2D eigenvalue weighted by Gasteiger charge is 2.18. The van der Waals surface area contributed by atoms with E-state index in [9.17, 15) is 5.11 Å². The van der Waals surface area contributed by atoms with Crippen LogP contribution in [-0.2, 0) is 4.74 Å². The minimum atomic E-state index is 0.123. The second-order valence-corrected chi connectivity index (χ2v) is 4.06. The summed E-state index contributed by atoms with van der Waals surface area (Å²) in [7, 11) is 0. The van der Waals surface area contributed by atoms with Crippen LogP contribution in [0.4, 0.5) is 0 Å². The van der Waals surface area contributed by atoms with Crippen molar-refractivity contribution in [3.63, 3.8) is 0 Å². The standard InChI is InChI=1S/C12H17NO2/c1-8-6-11(14)9(2)5-10(8)12-7-13-3-4-15-12/h5-6,12-14H,3-4,7H2,1-2H3. The second kappa shape index (κ2) is 4.21. The van der Waals surface area contributed by atoms with Crippen molar-refractivity contribution in [3.8, 4) is 5.75 Å². The van der Waals surface area contributed by atoms with Crippen molar-refractivity contribution in [3.05, 3.63) is 28.8 Å². The molecule has 1 aliphatic heterocycles. The SMILES string of the molecule is Cc1cc(C2CNCCO2)c(C)cc1O. The number of nitrogens with one attached hydrogen (secondary N) is 1. The molecule has 1 heterocycles. The molecule has 0 spiro atoms. The summed E-state index contributed by atoms with van der Waals surface area (Å²) in [5.74, 6) is 0.361. The highest BCUT2D eigenvalue weighted by atomic mass is 16.5. The molecule has 2 rings (SSSR count). The average Bonchev–Trinajstić information content (AvgIpc) is 2.25. The van der Waals surface area contributed by atoms with Gasteiger partial charge in [0.25, 0.3) is 0 Å². The number of hydrogen-bond acceptors (Lipinski definition) is 3. The summed E-state index contributed by atoms with van der Waals surface area (Å²) in [6, 6.07) is 3.82. The third kappa shape index (κ3) is 2.13. The van der Waals surface area contributed by atoms with Crippen LogP contribution in [0, 0.1) is 13.8 Å². The van der Waals surface area contributed by atoms with E-state index in [1.54, 1.807) is 0 Å². The van der Waals surface area contributed by atoms with Gasteiger partial charge >= 0.3 is 0 Å². The second-order valence-electron chi connectivity index (χ2n) is 4.06. The maximum Gasteiger partial charge on any atom is 0.118 e. The number of morpholine rings is 1. The smallest absolute Gasteiger partial charge is 0.118 e. The number of rotatable bonds is 1. The van der Waals surface area contributed by atoms with Gasteiger partial charge in [0.15, 0.2) is 0 Å². The largest absolute Gasteiger partial charge is 0.508 e. The molecule has 3 heteroatoms. The fraction of sp³-hybridized carbons (Fsp3) is 0.500. The van der Waals surface area contributed by atoms with Gasteiger partial charge in [0.1, 0.15) is 5.75 Å². The van der Waals surface area contributed by atoms with E-state index in [-0.39, 0.29) is 6.10 Å². The van der Waals surface area contributed by atoms with Crippen LogP contribution in [0.15, 0.2) is 12.1 Å². The Balaban J connectivity index is 2.30. The molecule has 0 aliphatic carbocycles. The van der Waals surface area contributed by atoms with Gasteiger partial charge in [0.2, 0.25) is 0 Å². The third-order valence-corrected chi connectivity index (χ3v) is 2.86. The monoisotopic (exact) mass is 207 g/mol. The number of ether oxygens (including phenoxy) is 1. The first-order valence-corrected chi connectivity index (χ1v) is 5.31. The van der Waals surface area contributed by atoms with Gasteiger partial charge in [-0.3, -0.25) is 0 Å². The molecule has 1 aromatic carbocycles. The van der Waals surface area contributed by atoms with Crippen LogP contribution in [0.25, 0.3) is 0 Å². The Morgan fingerprint density at radius 1 is 1.33 bits per heavy atom. The Hall–Kier alpha value is -1.06. The lowest BCUT2D eigenvalue weighted by Gasteiger charge is -2.25. The van der Waals surface area contributed by atoms with Crippen molar-refractivity contribution in [1.29, 1.82) is 0 Å². The van der Waals surface area contributed by atoms with Crippen molar-refractivity contribution in [2.24, 2.45) is 0 Å². The Labute approximate surface area is 90.1 Å². The summed E-state index contributed by atoms with van der Waals surface area (Å²) < 4.78 is 5.70. The summed E-state index contributed by atoms with van der Waals surface area (Å²) in [6.45, 7) is 6.45. The van der Waals surface area contributed by atoms with Gasteiger partial charge in [-0.1, -0.05) is 0 Å². The molecule has 0 amide bonds. The number of hydrogen-bond donors (Lipinski definition) is 2. The maximum atomic E-state index is 9.57. The molecule has 1 atom stereocenters. The molecule has 2 N–H and O–H groups in total.